The summed E-state index contributed by atoms with van der Waals surface area (Å²) in [5, 5.41) is 6.08. The third-order valence-electron chi connectivity index (χ3n) is 3.65. The Morgan fingerprint density at radius 3 is 2.41 bits per heavy atom. The summed E-state index contributed by atoms with van der Waals surface area (Å²) in [7, 11) is 0. The first-order valence-electron chi connectivity index (χ1n) is 7.62. The highest BCUT2D eigenvalue weighted by atomic mass is 16.2. The van der Waals surface area contributed by atoms with Gasteiger partial charge in [-0.3, -0.25) is 4.79 Å². The van der Waals surface area contributed by atoms with Crippen molar-refractivity contribution in [3.05, 3.63) is 47.9 Å². The first-order chi connectivity index (χ1) is 10.6. The lowest BCUT2D eigenvalue weighted by Gasteiger charge is -2.09. The number of aromatic nitrogens is 2. The van der Waals surface area contributed by atoms with Crippen LogP contribution >= 0.6 is 0 Å². The Bertz CT molecular complexity index is 645. The van der Waals surface area contributed by atoms with Crippen molar-refractivity contribution in [1.82, 2.24) is 15.3 Å². The molecule has 1 aromatic carbocycles. The average Bonchev–Trinajstić information content (AvgIpc) is 3.32. The molecule has 5 nitrogen and oxygen atoms in total. The number of anilines is 2. The number of amides is 1. The molecule has 0 aliphatic heterocycles. The molecule has 0 radical (unpaired) electrons. The van der Waals surface area contributed by atoms with Crippen molar-refractivity contribution >= 4 is 17.4 Å². The number of carbonyl (C=O) groups excluding carboxylic acids is 1. The molecule has 22 heavy (non-hydrogen) atoms. The van der Waals surface area contributed by atoms with Gasteiger partial charge in [0.2, 0.25) is 0 Å². The Hall–Kier alpha value is -2.43. The van der Waals surface area contributed by atoms with Crippen LogP contribution in [-0.2, 0) is 0 Å². The van der Waals surface area contributed by atoms with Gasteiger partial charge in [0.1, 0.15) is 11.5 Å². The van der Waals surface area contributed by atoms with Crippen LogP contribution in [-0.4, -0.2) is 21.9 Å². The van der Waals surface area contributed by atoms with Gasteiger partial charge in [-0.1, -0.05) is 26.0 Å². The van der Waals surface area contributed by atoms with E-state index in [0.717, 1.165) is 18.5 Å². The van der Waals surface area contributed by atoms with E-state index < -0.39 is 0 Å². The quantitative estimate of drug-likeness (QED) is 0.889. The standard InChI is InChI=1S/C17H20N4O/c1-11(2)12-3-5-13(6-4-12)20-16-10-18-15(9-19-16)17(22)21-14-7-8-14/h3-6,9-11,14H,7-8H2,1-2H3,(H,19,20)(H,21,22). The van der Waals surface area contributed by atoms with Gasteiger partial charge in [-0.2, -0.15) is 0 Å². The Labute approximate surface area is 130 Å². The normalized spacial score (nSPS) is 14.0. The summed E-state index contributed by atoms with van der Waals surface area (Å²) >= 11 is 0. The van der Waals surface area contributed by atoms with E-state index in [1.807, 2.05) is 12.1 Å². The van der Waals surface area contributed by atoms with E-state index in [1.54, 1.807) is 6.20 Å². The predicted molar refractivity (Wildman–Crippen MR) is 86.3 cm³/mol. The van der Waals surface area contributed by atoms with Crippen molar-refractivity contribution < 1.29 is 4.79 Å². The lowest BCUT2D eigenvalue weighted by atomic mass is 10.0. The second-order valence-corrected chi connectivity index (χ2v) is 5.94. The minimum Gasteiger partial charge on any atom is -0.348 e. The maximum absolute atomic E-state index is 11.8. The van der Waals surface area contributed by atoms with E-state index in [1.165, 1.54) is 11.8 Å². The Morgan fingerprint density at radius 1 is 1.14 bits per heavy atom. The van der Waals surface area contributed by atoms with E-state index >= 15 is 0 Å². The van der Waals surface area contributed by atoms with Crippen molar-refractivity contribution in [3.8, 4) is 0 Å². The van der Waals surface area contributed by atoms with Crippen LogP contribution in [0.15, 0.2) is 36.7 Å². The van der Waals surface area contributed by atoms with Gasteiger partial charge in [0.15, 0.2) is 0 Å². The smallest absolute Gasteiger partial charge is 0.271 e. The van der Waals surface area contributed by atoms with Gasteiger partial charge in [-0.05, 0) is 36.5 Å². The number of hydrogen-bond donors (Lipinski definition) is 2. The lowest BCUT2D eigenvalue weighted by molar-refractivity contribution is 0.0945. The van der Waals surface area contributed by atoms with Gasteiger partial charge in [0.25, 0.3) is 5.91 Å². The van der Waals surface area contributed by atoms with Crippen LogP contribution in [0.1, 0.15) is 48.7 Å². The molecule has 114 valence electrons. The molecule has 1 saturated carbocycles. The maximum atomic E-state index is 11.8. The highest BCUT2D eigenvalue weighted by Crippen LogP contribution is 2.20. The molecule has 1 amide bonds. The van der Waals surface area contributed by atoms with Crippen LogP contribution in [0.2, 0.25) is 0 Å². The van der Waals surface area contributed by atoms with Gasteiger partial charge in [-0.15, -0.1) is 0 Å². The van der Waals surface area contributed by atoms with Crippen molar-refractivity contribution in [1.29, 1.82) is 0 Å². The van der Waals surface area contributed by atoms with E-state index in [-0.39, 0.29) is 5.91 Å². The predicted octanol–water partition coefficient (Wildman–Crippen LogP) is 3.24. The first-order valence-corrected chi connectivity index (χ1v) is 7.62. The van der Waals surface area contributed by atoms with Crippen LogP contribution in [0, 0.1) is 0 Å². The van der Waals surface area contributed by atoms with Gasteiger partial charge in [0.05, 0.1) is 12.4 Å². The highest BCUT2D eigenvalue weighted by molar-refractivity contribution is 5.92. The number of benzene rings is 1. The molecule has 0 atom stereocenters. The van der Waals surface area contributed by atoms with Gasteiger partial charge in [-0.25, -0.2) is 9.97 Å². The van der Waals surface area contributed by atoms with Crippen LogP contribution in [0.5, 0.6) is 0 Å². The number of nitrogens with one attached hydrogen (secondary N) is 2. The molecular formula is C17H20N4O. The number of carbonyl (C=O) groups is 1. The average molecular weight is 296 g/mol. The minimum atomic E-state index is -0.150. The third-order valence-corrected chi connectivity index (χ3v) is 3.65. The highest BCUT2D eigenvalue weighted by Gasteiger charge is 2.24. The molecule has 3 rings (SSSR count). The summed E-state index contributed by atoms with van der Waals surface area (Å²) in [5.74, 6) is 0.987. The van der Waals surface area contributed by atoms with Crippen molar-refractivity contribution in [2.24, 2.45) is 0 Å². The molecule has 2 aromatic rings. The van der Waals surface area contributed by atoms with Crippen molar-refractivity contribution in [2.45, 2.75) is 38.6 Å². The molecule has 0 bridgehead atoms. The molecule has 1 heterocycles. The number of nitrogens with zero attached hydrogens (tertiary/aromatic N) is 2. The van der Waals surface area contributed by atoms with E-state index in [9.17, 15) is 4.79 Å². The zero-order valence-electron chi connectivity index (χ0n) is 12.8. The second kappa shape index (κ2) is 6.13. The fraction of sp³-hybridized carbons (Fsp3) is 0.353. The summed E-state index contributed by atoms with van der Waals surface area (Å²) in [6.45, 7) is 4.33. The molecule has 1 aliphatic carbocycles. The summed E-state index contributed by atoms with van der Waals surface area (Å²) in [6.07, 6.45) is 5.21. The summed E-state index contributed by atoms with van der Waals surface area (Å²) in [6, 6.07) is 8.55. The minimum absolute atomic E-state index is 0.150. The largest absolute Gasteiger partial charge is 0.348 e. The molecule has 5 heteroatoms. The third kappa shape index (κ3) is 3.61. The van der Waals surface area contributed by atoms with E-state index in [4.69, 9.17) is 0 Å². The van der Waals surface area contributed by atoms with Gasteiger partial charge < -0.3 is 10.6 Å². The molecular weight excluding hydrogens is 276 g/mol. The maximum Gasteiger partial charge on any atom is 0.271 e. The monoisotopic (exact) mass is 296 g/mol. The molecule has 0 spiro atoms. The Balaban J connectivity index is 1.63. The lowest BCUT2D eigenvalue weighted by Crippen LogP contribution is -2.26. The van der Waals surface area contributed by atoms with Gasteiger partial charge in [0, 0.05) is 11.7 Å². The van der Waals surface area contributed by atoms with Gasteiger partial charge >= 0.3 is 0 Å². The van der Waals surface area contributed by atoms with E-state index in [2.05, 4.69) is 46.6 Å². The van der Waals surface area contributed by atoms with Crippen LogP contribution in [0.3, 0.4) is 0 Å². The first kappa shape index (κ1) is 14.5. The Kier molecular flexibility index (Phi) is 4.04. The molecule has 1 aliphatic rings. The summed E-state index contributed by atoms with van der Waals surface area (Å²) < 4.78 is 0. The Morgan fingerprint density at radius 2 is 1.86 bits per heavy atom. The summed E-state index contributed by atoms with van der Waals surface area (Å²) in [5.41, 5.74) is 2.60. The van der Waals surface area contributed by atoms with Crippen LogP contribution in [0.25, 0.3) is 0 Å². The topological polar surface area (TPSA) is 66.9 Å². The molecule has 2 N–H and O–H groups in total. The number of rotatable bonds is 5. The van der Waals surface area contributed by atoms with Crippen molar-refractivity contribution in [2.75, 3.05) is 5.32 Å². The molecule has 1 fully saturated rings. The SMILES string of the molecule is CC(C)c1ccc(Nc2cnc(C(=O)NC3CC3)cn2)cc1. The molecule has 1 aromatic heterocycles. The summed E-state index contributed by atoms with van der Waals surface area (Å²) in [4.78, 5) is 20.2. The van der Waals surface area contributed by atoms with Crippen LogP contribution < -0.4 is 10.6 Å². The fourth-order valence-corrected chi connectivity index (χ4v) is 2.10. The molecule has 0 unspecified atom stereocenters. The second-order valence-electron chi connectivity index (χ2n) is 5.94. The fourth-order valence-electron chi connectivity index (χ4n) is 2.10. The van der Waals surface area contributed by atoms with Crippen molar-refractivity contribution in [3.63, 3.8) is 0 Å². The zero-order valence-corrected chi connectivity index (χ0v) is 12.8. The molecule has 0 saturated heterocycles. The van der Waals surface area contributed by atoms with Crippen LogP contribution in [0.4, 0.5) is 11.5 Å². The zero-order chi connectivity index (χ0) is 15.5. The number of hydrogen-bond acceptors (Lipinski definition) is 4. The van der Waals surface area contributed by atoms with E-state index in [0.29, 0.717) is 23.5 Å².